The lowest BCUT2D eigenvalue weighted by atomic mass is 9.97. The van der Waals surface area contributed by atoms with Crippen LogP contribution in [0.15, 0.2) is 48.8 Å². The fraction of sp³-hybridized carbons (Fsp3) is 0.364. The average molecular weight is 391 g/mol. The van der Waals surface area contributed by atoms with Crippen molar-refractivity contribution in [1.29, 1.82) is 0 Å². The fourth-order valence-corrected chi connectivity index (χ4v) is 3.95. The number of nitrogens with one attached hydrogen (secondary N) is 1. The molecular formula is C22H25N5O2. The van der Waals surface area contributed by atoms with Gasteiger partial charge in [-0.05, 0) is 36.5 Å². The van der Waals surface area contributed by atoms with Crippen molar-refractivity contribution in [3.05, 3.63) is 60.0 Å². The van der Waals surface area contributed by atoms with Gasteiger partial charge in [-0.25, -0.2) is 0 Å². The highest BCUT2D eigenvalue weighted by molar-refractivity contribution is 6.04. The summed E-state index contributed by atoms with van der Waals surface area (Å²) in [6.45, 7) is 1.94. The van der Waals surface area contributed by atoms with Crippen LogP contribution in [-0.2, 0) is 18.3 Å². The van der Waals surface area contributed by atoms with Gasteiger partial charge in [-0.3, -0.25) is 19.3 Å². The molecule has 3 aromatic rings. The van der Waals surface area contributed by atoms with Crippen molar-refractivity contribution in [3.63, 3.8) is 0 Å². The largest absolute Gasteiger partial charge is 0.355 e. The summed E-state index contributed by atoms with van der Waals surface area (Å²) in [6.07, 6.45) is 5.65. The molecule has 1 aromatic carbocycles. The standard InChI is InChI=1S/C22H25N5O2/c1-26-19-9-3-2-8-18(19)21(25-26)22(29)27-11-5-7-17(15-27)14-24-20(28)12-16-6-4-10-23-13-16/h2-4,6,8-10,13,17H,5,7,11-12,14-15H2,1H3,(H,24,28). The van der Waals surface area contributed by atoms with Crippen molar-refractivity contribution in [2.45, 2.75) is 19.3 Å². The Balaban J connectivity index is 1.36. The summed E-state index contributed by atoms with van der Waals surface area (Å²) in [6, 6.07) is 11.5. The van der Waals surface area contributed by atoms with Crippen LogP contribution in [0.3, 0.4) is 0 Å². The summed E-state index contributed by atoms with van der Waals surface area (Å²) in [7, 11) is 1.86. The molecule has 29 heavy (non-hydrogen) atoms. The molecule has 4 rings (SSSR count). The highest BCUT2D eigenvalue weighted by atomic mass is 16.2. The number of rotatable bonds is 5. The number of aromatic nitrogens is 3. The van der Waals surface area contributed by atoms with E-state index in [-0.39, 0.29) is 17.7 Å². The van der Waals surface area contributed by atoms with Gasteiger partial charge in [-0.2, -0.15) is 5.10 Å². The molecule has 0 aliphatic carbocycles. The first kappa shape index (κ1) is 19.1. The minimum Gasteiger partial charge on any atom is -0.355 e. The Kier molecular flexibility index (Phi) is 5.55. The number of para-hydroxylation sites is 1. The van der Waals surface area contributed by atoms with E-state index >= 15 is 0 Å². The Morgan fingerprint density at radius 3 is 2.90 bits per heavy atom. The van der Waals surface area contributed by atoms with Crippen LogP contribution in [0, 0.1) is 5.92 Å². The molecule has 1 unspecified atom stereocenters. The van der Waals surface area contributed by atoms with Crippen molar-refractivity contribution in [2.24, 2.45) is 13.0 Å². The third-order valence-corrected chi connectivity index (χ3v) is 5.44. The highest BCUT2D eigenvalue weighted by Gasteiger charge is 2.27. The number of likely N-dealkylation sites (tertiary alicyclic amines) is 1. The number of amides is 2. The minimum atomic E-state index is -0.0341. The second-order valence-electron chi connectivity index (χ2n) is 7.59. The molecule has 1 N–H and O–H groups in total. The first-order valence-electron chi connectivity index (χ1n) is 9.98. The number of nitrogens with zero attached hydrogens (tertiary/aromatic N) is 4. The van der Waals surface area contributed by atoms with E-state index in [2.05, 4.69) is 15.4 Å². The molecule has 1 atom stereocenters. The second-order valence-corrected chi connectivity index (χ2v) is 7.59. The summed E-state index contributed by atoms with van der Waals surface area (Å²) in [5, 5.41) is 8.35. The number of benzene rings is 1. The first-order valence-corrected chi connectivity index (χ1v) is 9.98. The first-order chi connectivity index (χ1) is 14.1. The van der Waals surface area contributed by atoms with E-state index in [4.69, 9.17) is 0 Å². The zero-order valence-electron chi connectivity index (χ0n) is 16.5. The van der Waals surface area contributed by atoms with Gasteiger partial charge < -0.3 is 10.2 Å². The van der Waals surface area contributed by atoms with Crippen molar-refractivity contribution in [1.82, 2.24) is 25.0 Å². The molecule has 1 fully saturated rings. The quantitative estimate of drug-likeness (QED) is 0.723. The van der Waals surface area contributed by atoms with E-state index in [0.717, 1.165) is 35.9 Å². The molecule has 0 spiro atoms. The molecule has 0 radical (unpaired) electrons. The Morgan fingerprint density at radius 2 is 2.07 bits per heavy atom. The predicted molar refractivity (Wildman–Crippen MR) is 110 cm³/mol. The van der Waals surface area contributed by atoms with Gasteiger partial charge in [-0.1, -0.05) is 24.3 Å². The average Bonchev–Trinajstić information content (AvgIpc) is 3.09. The number of carbonyl (C=O) groups excluding carboxylic acids is 2. The van der Waals surface area contributed by atoms with Gasteiger partial charge in [0.2, 0.25) is 5.91 Å². The number of aryl methyl sites for hydroxylation is 1. The zero-order valence-corrected chi connectivity index (χ0v) is 16.5. The SMILES string of the molecule is Cn1nc(C(=O)N2CCCC(CNC(=O)Cc3cccnc3)C2)c2ccccc21. The maximum atomic E-state index is 13.1. The molecule has 0 saturated carbocycles. The maximum Gasteiger partial charge on any atom is 0.275 e. The second kappa shape index (κ2) is 8.43. The van der Waals surface area contributed by atoms with Gasteiger partial charge in [0.05, 0.1) is 11.9 Å². The summed E-state index contributed by atoms with van der Waals surface area (Å²) in [4.78, 5) is 31.2. The Morgan fingerprint density at radius 1 is 1.21 bits per heavy atom. The highest BCUT2D eigenvalue weighted by Crippen LogP contribution is 2.22. The van der Waals surface area contributed by atoms with Crippen LogP contribution in [0.5, 0.6) is 0 Å². The van der Waals surface area contributed by atoms with Crippen molar-refractivity contribution >= 4 is 22.7 Å². The van der Waals surface area contributed by atoms with Crippen LogP contribution < -0.4 is 5.32 Å². The summed E-state index contributed by atoms with van der Waals surface area (Å²) in [5.74, 6) is 0.200. The molecule has 1 aliphatic rings. The molecule has 3 heterocycles. The van der Waals surface area contributed by atoms with Crippen LogP contribution in [0.1, 0.15) is 28.9 Å². The van der Waals surface area contributed by atoms with Crippen molar-refractivity contribution in [3.8, 4) is 0 Å². The Bertz CT molecular complexity index is 1010. The van der Waals surface area contributed by atoms with Crippen molar-refractivity contribution in [2.75, 3.05) is 19.6 Å². The van der Waals surface area contributed by atoms with Gasteiger partial charge in [0.25, 0.3) is 5.91 Å². The minimum absolute atomic E-state index is 0.0165. The predicted octanol–water partition coefficient (Wildman–Crippen LogP) is 2.18. The molecule has 0 bridgehead atoms. The van der Waals surface area contributed by atoms with Gasteiger partial charge in [0, 0.05) is 44.5 Å². The summed E-state index contributed by atoms with van der Waals surface area (Å²) < 4.78 is 1.75. The van der Waals surface area contributed by atoms with Gasteiger partial charge in [0.15, 0.2) is 5.69 Å². The van der Waals surface area contributed by atoms with Crippen LogP contribution in [0.4, 0.5) is 0 Å². The number of pyridine rings is 1. The summed E-state index contributed by atoms with van der Waals surface area (Å²) >= 11 is 0. The fourth-order valence-electron chi connectivity index (χ4n) is 3.95. The number of hydrogen-bond acceptors (Lipinski definition) is 4. The number of hydrogen-bond donors (Lipinski definition) is 1. The van der Waals surface area contributed by atoms with Gasteiger partial charge in [-0.15, -0.1) is 0 Å². The monoisotopic (exact) mass is 391 g/mol. The van der Waals surface area contributed by atoms with E-state index in [0.29, 0.717) is 25.2 Å². The molecule has 1 saturated heterocycles. The number of fused-ring (bicyclic) bond motifs is 1. The number of piperidine rings is 1. The van der Waals surface area contributed by atoms with E-state index in [9.17, 15) is 9.59 Å². The molecule has 150 valence electrons. The third kappa shape index (κ3) is 4.29. The zero-order chi connectivity index (χ0) is 20.2. The van der Waals surface area contributed by atoms with E-state index in [1.54, 1.807) is 17.1 Å². The lowest BCUT2D eigenvalue weighted by Gasteiger charge is -2.32. The van der Waals surface area contributed by atoms with Crippen molar-refractivity contribution < 1.29 is 9.59 Å². The van der Waals surface area contributed by atoms with E-state index < -0.39 is 0 Å². The van der Waals surface area contributed by atoms with Crippen LogP contribution in [0.25, 0.3) is 10.9 Å². The number of carbonyl (C=O) groups is 2. The summed E-state index contributed by atoms with van der Waals surface area (Å²) in [5.41, 5.74) is 2.35. The smallest absolute Gasteiger partial charge is 0.275 e. The third-order valence-electron chi connectivity index (χ3n) is 5.44. The molecule has 2 amide bonds. The molecule has 7 nitrogen and oxygen atoms in total. The van der Waals surface area contributed by atoms with E-state index in [1.165, 1.54) is 0 Å². The lowest BCUT2D eigenvalue weighted by molar-refractivity contribution is -0.120. The molecular weight excluding hydrogens is 366 g/mol. The lowest BCUT2D eigenvalue weighted by Crippen LogP contribution is -2.44. The van der Waals surface area contributed by atoms with E-state index in [1.807, 2.05) is 48.3 Å². The normalized spacial score (nSPS) is 16.7. The van der Waals surface area contributed by atoms with Crippen LogP contribution in [-0.4, -0.2) is 51.1 Å². The molecule has 2 aromatic heterocycles. The Hall–Kier alpha value is -3.22. The molecule has 1 aliphatic heterocycles. The van der Waals surface area contributed by atoms with Gasteiger partial charge in [0.1, 0.15) is 0 Å². The van der Waals surface area contributed by atoms with Gasteiger partial charge >= 0.3 is 0 Å². The molecule has 7 heteroatoms. The maximum absolute atomic E-state index is 13.1. The van der Waals surface area contributed by atoms with Crippen LogP contribution in [0.2, 0.25) is 0 Å². The topological polar surface area (TPSA) is 80.1 Å². The van der Waals surface area contributed by atoms with Crippen LogP contribution >= 0.6 is 0 Å². The Labute approximate surface area is 169 Å².